The molecule has 1 amide bonds. The lowest BCUT2D eigenvalue weighted by atomic mass is 10.2. The first-order valence-electron chi connectivity index (χ1n) is 10.7. The Labute approximate surface area is 195 Å². The van der Waals surface area contributed by atoms with E-state index < -0.39 is 22.0 Å². The number of amides is 1. The Bertz CT molecular complexity index is 1310. The Hall–Kier alpha value is -2.89. The van der Waals surface area contributed by atoms with Crippen LogP contribution in [-0.4, -0.2) is 56.0 Å². The summed E-state index contributed by atoms with van der Waals surface area (Å²) in [6.07, 6.45) is 1.04. The van der Waals surface area contributed by atoms with Gasteiger partial charge >= 0.3 is 0 Å². The standard InChI is InChI=1S/C22H23N3O6S2/c1-2-29-14-5-7-16-20(12-14)32-22(23-16)24-21(26)17-4-3-9-25(17)33(27,28)15-6-8-18-19(13-15)31-11-10-30-18/h5-8,12-13,17H,2-4,9-11H2,1H3,(H,23,24,26). The van der Waals surface area contributed by atoms with Crippen LogP contribution in [0, 0.1) is 0 Å². The number of fused-ring (bicyclic) bond motifs is 2. The molecule has 5 rings (SSSR count). The average molecular weight is 490 g/mol. The highest BCUT2D eigenvalue weighted by Crippen LogP contribution is 2.35. The Balaban J connectivity index is 1.35. The molecule has 1 fully saturated rings. The smallest absolute Gasteiger partial charge is 0.244 e. The maximum Gasteiger partial charge on any atom is 0.244 e. The van der Waals surface area contributed by atoms with Crippen molar-refractivity contribution < 1.29 is 27.4 Å². The SMILES string of the molecule is CCOc1ccc2nc(NC(=O)C3CCCN3S(=O)(=O)c3ccc4c(c3)OCCO4)sc2c1. The summed E-state index contributed by atoms with van der Waals surface area (Å²) in [7, 11) is -3.89. The molecule has 2 aliphatic rings. The molecule has 9 nitrogen and oxygen atoms in total. The van der Waals surface area contributed by atoms with Crippen LogP contribution in [-0.2, 0) is 14.8 Å². The molecule has 1 N–H and O–H groups in total. The molecule has 174 valence electrons. The molecule has 0 spiro atoms. The molecule has 1 atom stereocenters. The molecule has 1 aromatic heterocycles. The summed E-state index contributed by atoms with van der Waals surface area (Å²) in [4.78, 5) is 17.6. The summed E-state index contributed by atoms with van der Waals surface area (Å²) in [6, 6.07) is 9.26. The van der Waals surface area contributed by atoms with Crippen LogP contribution in [0.1, 0.15) is 19.8 Å². The number of aromatic nitrogens is 1. The van der Waals surface area contributed by atoms with Crippen LogP contribution >= 0.6 is 11.3 Å². The Morgan fingerprint density at radius 1 is 1.21 bits per heavy atom. The highest BCUT2D eigenvalue weighted by atomic mass is 32.2. The van der Waals surface area contributed by atoms with Gasteiger partial charge in [0.15, 0.2) is 16.6 Å². The van der Waals surface area contributed by atoms with Crippen molar-refractivity contribution in [2.45, 2.75) is 30.7 Å². The number of benzene rings is 2. The predicted octanol–water partition coefficient (Wildman–Crippen LogP) is 3.26. The van der Waals surface area contributed by atoms with E-state index in [-0.39, 0.29) is 11.4 Å². The maximum absolute atomic E-state index is 13.4. The van der Waals surface area contributed by atoms with Crippen LogP contribution in [0.25, 0.3) is 10.2 Å². The van der Waals surface area contributed by atoms with Crippen molar-refractivity contribution in [1.29, 1.82) is 0 Å². The second kappa shape index (κ2) is 8.81. The van der Waals surface area contributed by atoms with Crippen molar-refractivity contribution >= 4 is 42.6 Å². The summed E-state index contributed by atoms with van der Waals surface area (Å²) in [5.74, 6) is 1.25. The molecule has 0 radical (unpaired) electrons. The van der Waals surface area contributed by atoms with Crippen LogP contribution in [0.4, 0.5) is 5.13 Å². The summed E-state index contributed by atoms with van der Waals surface area (Å²) in [6.45, 7) is 3.52. The van der Waals surface area contributed by atoms with Crippen molar-refractivity contribution in [2.24, 2.45) is 0 Å². The van der Waals surface area contributed by atoms with E-state index in [0.717, 1.165) is 16.0 Å². The van der Waals surface area contributed by atoms with E-state index in [4.69, 9.17) is 14.2 Å². The highest BCUT2D eigenvalue weighted by molar-refractivity contribution is 7.89. The first-order chi connectivity index (χ1) is 16.0. The van der Waals surface area contributed by atoms with E-state index in [0.29, 0.717) is 49.3 Å². The van der Waals surface area contributed by atoms with E-state index in [9.17, 15) is 13.2 Å². The molecule has 1 saturated heterocycles. The third-order valence-corrected chi connectivity index (χ3v) is 8.37. The molecule has 3 aromatic rings. The molecule has 0 saturated carbocycles. The van der Waals surface area contributed by atoms with Crippen molar-refractivity contribution in [2.75, 3.05) is 31.7 Å². The normalized spacial score (nSPS) is 18.4. The third-order valence-electron chi connectivity index (χ3n) is 5.53. The summed E-state index contributed by atoms with van der Waals surface area (Å²) >= 11 is 1.32. The molecule has 0 bridgehead atoms. The van der Waals surface area contributed by atoms with Gasteiger partial charge in [-0.3, -0.25) is 4.79 Å². The fourth-order valence-corrected chi connectivity index (χ4v) is 6.58. The van der Waals surface area contributed by atoms with Gasteiger partial charge in [0.05, 0.1) is 21.7 Å². The van der Waals surface area contributed by atoms with E-state index in [2.05, 4.69) is 10.3 Å². The first-order valence-corrected chi connectivity index (χ1v) is 13.0. The fraction of sp³-hybridized carbons (Fsp3) is 0.364. The fourth-order valence-electron chi connectivity index (χ4n) is 4.01. The zero-order chi connectivity index (χ0) is 23.0. The molecule has 33 heavy (non-hydrogen) atoms. The van der Waals surface area contributed by atoms with Gasteiger partial charge in [0.25, 0.3) is 0 Å². The quantitative estimate of drug-likeness (QED) is 0.566. The van der Waals surface area contributed by atoms with Crippen LogP contribution in [0.3, 0.4) is 0 Å². The minimum atomic E-state index is -3.89. The molecule has 2 aliphatic heterocycles. The number of nitrogens with zero attached hydrogens (tertiary/aromatic N) is 2. The van der Waals surface area contributed by atoms with Gasteiger partial charge in [0, 0.05) is 12.6 Å². The van der Waals surface area contributed by atoms with Gasteiger partial charge in [-0.05, 0) is 50.1 Å². The molecular formula is C22H23N3O6S2. The van der Waals surface area contributed by atoms with Gasteiger partial charge in [0.2, 0.25) is 15.9 Å². The Kier molecular flexibility index (Phi) is 5.85. The molecule has 2 aromatic carbocycles. The number of nitrogens with one attached hydrogen (secondary N) is 1. The van der Waals surface area contributed by atoms with Gasteiger partial charge in [-0.15, -0.1) is 0 Å². The minimum absolute atomic E-state index is 0.0786. The number of rotatable bonds is 6. The zero-order valence-electron chi connectivity index (χ0n) is 17.9. The third kappa shape index (κ3) is 4.23. The lowest BCUT2D eigenvalue weighted by molar-refractivity contribution is -0.119. The number of carbonyl (C=O) groups excluding carboxylic acids is 1. The van der Waals surface area contributed by atoms with Gasteiger partial charge in [-0.25, -0.2) is 13.4 Å². The van der Waals surface area contributed by atoms with Crippen molar-refractivity contribution in [1.82, 2.24) is 9.29 Å². The number of hydrogen-bond acceptors (Lipinski definition) is 8. The second-order valence-corrected chi connectivity index (χ2v) is 10.6. The first kappa shape index (κ1) is 21.9. The van der Waals surface area contributed by atoms with E-state index in [1.54, 1.807) is 6.07 Å². The highest BCUT2D eigenvalue weighted by Gasteiger charge is 2.40. The topological polar surface area (TPSA) is 107 Å². The number of thiazole rings is 1. The Morgan fingerprint density at radius 2 is 2.03 bits per heavy atom. The number of sulfonamides is 1. The van der Waals surface area contributed by atoms with Gasteiger partial charge in [0.1, 0.15) is 25.0 Å². The molecule has 0 aliphatic carbocycles. The van der Waals surface area contributed by atoms with Crippen LogP contribution in [0.5, 0.6) is 17.2 Å². The number of hydrogen-bond donors (Lipinski definition) is 1. The average Bonchev–Trinajstić information content (AvgIpc) is 3.46. The monoisotopic (exact) mass is 489 g/mol. The van der Waals surface area contributed by atoms with Gasteiger partial charge in [-0.2, -0.15) is 4.31 Å². The van der Waals surface area contributed by atoms with E-state index >= 15 is 0 Å². The summed E-state index contributed by atoms with van der Waals surface area (Å²) in [5.41, 5.74) is 0.742. The molecular weight excluding hydrogens is 466 g/mol. The largest absolute Gasteiger partial charge is 0.494 e. The van der Waals surface area contributed by atoms with Crippen LogP contribution in [0.2, 0.25) is 0 Å². The van der Waals surface area contributed by atoms with E-state index in [1.807, 2.05) is 25.1 Å². The van der Waals surface area contributed by atoms with Crippen molar-refractivity contribution in [3.63, 3.8) is 0 Å². The van der Waals surface area contributed by atoms with Crippen LogP contribution in [0.15, 0.2) is 41.3 Å². The molecule has 1 unspecified atom stereocenters. The predicted molar refractivity (Wildman–Crippen MR) is 124 cm³/mol. The lowest BCUT2D eigenvalue weighted by Gasteiger charge is -2.24. The number of anilines is 1. The Morgan fingerprint density at radius 3 is 2.85 bits per heavy atom. The zero-order valence-corrected chi connectivity index (χ0v) is 19.6. The van der Waals surface area contributed by atoms with Gasteiger partial charge in [-0.1, -0.05) is 11.3 Å². The number of carbonyl (C=O) groups is 1. The maximum atomic E-state index is 13.4. The lowest BCUT2D eigenvalue weighted by Crippen LogP contribution is -2.43. The van der Waals surface area contributed by atoms with Crippen molar-refractivity contribution in [3.8, 4) is 17.2 Å². The molecule has 3 heterocycles. The van der Waals surface area contributed by atoms with Gasteiger partial charge < -0.3 is 19.5 Å². The second-order valence-electron chi connectivity index (χ2n) is 7.65. The number of ether oxygens (including phenoxy) is 3. The minimum Gasteiger partial charge on any atom is -0.494 e. The van der Waals surface area contributed by atoms with Crippen LogP contribution < -0.4 is 19.5 Å². The van der Waals surface area contributed by atoms with Crippen molar-refractivity contribution in [3.05, 3.63) is 36.4 Å². The van der Waals surface area contributed by atoms with E-state index in [1.165, 1.54) is 27.8 Å². The molecule has 11 heteroatoms. The summed E-state index contributed by atoms with van der Waals surface area (Å²) in [5, 5.41) is 3.23. The summed E-state index contributed by atoms with van der Waals surface area (Å²) < 4.78 is 45.4.